The Hall–Kier alpha value is 0.580. The lowest BCUT2D eigenvalue weighted by atomic mass is 10.00. The van der Waals surface area contributed by atoms with Gasteiger partial charge in [-0.05, 0) is 18.8 Å². The molecule has 5 heteroatoms. The van der Waals surface area contributed by atoms with E-state index in [0.717, 1.165) is 32.5 Å². The van der Waals surface area contributed by atoms with Gasteiger partial charge >= 0.3 is 0 Å². The summed E-state index contributed by atoms with van der Waals surface area (Å²) in [7, 11) is 0. The molecule has 0 spiro atoms. The van der Waals surface area contributed by atoms with E-state index in [1.807, 2.05) is 0 Å². The van der Waals surface area contributed by atoms with E-state index < -0.39 is 0 Å². The zero-order valence-corrected chi connectivity index (χ0v) is 10.9. The van der Waals surface area contributed by atoms with Gasteiger partial charge in [0, 0.05) is 6.54 Å². The fourth-order valence-corrected chi connectivity index (χ4v) is 1.92. The topological polar surface area (TPSA) is 53.1 Å². The van der Waals surface area contributed by atoms with Crippen LogP contribution in [0.2, 0.25) is 0 Å². The molecule has 3 nitrogen and oxygen atoms in total. The van der Waals surface area contributed by atoms with E-state index in [1.54, 1.807) is 0 Å². The summed E-state index contributed by atoms with van der Waals surface area (Å²) < 4.78 is 5.69. The maximum atomic E-state index is 5.69. The first-order valence-corrected chi connectivity index (χ1v) is 6.53. The molecule has 2 heterocycles. The Labute approximate surface area is 103 Å². The highest BCUT2D eigenvalue weighted by Crippen LogP contribution is 2.31. The SMILES string of the molecule is CCC(CCC1(S)CN1)COC1(S)CN1. The van der Waals surface area contributed by atoms with Gasteiger partial charge in [0.25, 0.3) is 0 Å². The predicted octanol–water partition coefficient (Wildman–Crippen LogP) is 1.23. The summed E-state index contributed by atoms with van der Waals surface area (Å²) in [4.78, 5) is 0.129. The summed E-state index contributed by atoms with van der Waals surface area (Å²) >= 11 is 8.89. The third kappa shape index (κ3) is 3.82. The van der Waals surface area contributed by atoms with Crippen LogP contribution in [0.1, 0.15) is 26.2 Å². The summed E-state index contributed by atoms with van der Waals surface area (Å²) in [6.45, 7) is 4.93. The highest BCUT2D eigenvalue weighted by Gasteiger charge is 2.40. The zero-order chi connectivity index (χ0) is 10.9. The van der Waals surface area contributed by atoms with Gasteiger partial charge in [0.2, 0.25) is 0 Å². The van der Waals surface area contributed by atoms with Crippen LogP contribution in [-0.2, 0) is 4.74 Å². The summed E-state index contributed by atoms with van der Waals surface area (Å²) in [5, 5.41) is 6.04. The Kier molecular flexibility index (Phi) is 3.57. The van der Waals surface area contributed by atoms with Crippen LogP contribution in [0.5, 0.6) is 0 Å². The Morgan fingerprint density at radius 1 is 1.33 bits per heavy atom. The molecule has 2 N–H and O–H groups in total. The molecule has 0 aromatic carbocycles. The number of hydrogen-bond donors (Lipinski definition) is 4. The summed E-state index contributed by atoms with van der Waals surface area (Å²) in [6.07, 6.45) is 3.47. The molecular formula is C10H20N2OS2. The van der Waals surface area contributed by atoms with Crippen molar-refractivity contribution in [1.29, 1.82) is 0 Å². The van der Waals surface area contributed by atoms with Gasteiger partial charge in [0.05, 0.1) is 18.0 Å². The van der Waals surface area contributed by atoms with Gasteiger partial charge in [0.1, 0.15) is 0 Å². The standard InChI is InChI=1S/C10H20N2OS2/c1-2-8(3-4-9(14)6-11-9)5-13-10(15)7-12-10/h8,11-12,14-15H,2-7H2,1H3. The molecular weight excluding hydrogens is 228 g/mol. The lowest BCUT2D eigenvalue weighted by Crippen LogP contribution is -2.19. The van der Waals surface area contributed by atoms with Gasteiger partial charge < -0.3 is 4.74 Å². The number of ether oxygens (including phenoxy) is 1. The molecule has 0 aliphatic carbocycles. The molecule has 3 unspecified atom stereocenters. The fourth-order valence-electron chi connectivity index (χ4n) is 1.56. The average Bonchev–Trinajstić information content (AvgIpc) is 3.09. The first-order valence-electron chi connectivity index (χ1n) is 5.64. The second-order valence-corrected chi connectivity index (χ2v) is 6.23. The van der Waals surface area contributed by atoms with Gasteiger partial charge in [0.15, 0.2) is 5.06 Å². The smallest absolute Gasteiger partial charge is 0.177 e. The molecule has 88 valence electrons. The van der Waals surface area contributed by atoms with Crippen molar-refractivity contribution < 1.29 is 4.74 Å². The second kappa shape index (κ2) is 4.45. The van der Waals surface area contributed by atoms with Crippen LogP contribution in [0.15, 0.2) is 0 Å². The minimum absolute atomic E-state index is 0.129. The third-order valence-electron chi connectivity index (χ3n) is 3.17. The molecule has 0 aromatic rings. The zero-order valence-electron chi connectivity index (χ0n) is 9.12. The van der Waals surface area contributed by atoms with Crippen LogP contribution in [-0.4, -0.2) is 29.6 Å². The number of rotatable bonds is 7. The average molecular weight is 248 g/mol. The first-order chi connectivity index (χ1) is 7.05. The van der Waals surface area contributed by atoms with Crippen molar-refractivity contribution >= 4 is 25.3 Å². The summed E-state index contributed by atoms with van der Waals surface area (Å²) in [5.41, 5.74) is 0. The minimum atomic E-state index is -0.316. The Morgan fingerprint density at radius 3 is 2.47 bits per heavy atom. The Bertz CT molecular complexity index is 207. The van der Waals surface area contributed by atoms with Crippen LogP contribution in [0, 0.1) is 5.92 Å². The van der Waals surface area contributed by atoms with Crippen molar-refractivity contribution in [3.63, 3.8) is 0 Å². The molecule has 0 amide bonds. The van der Waals surface area contributed by atoms with Crippen molar-refractivity contribution in [3.8, 4) is 0 Å². The van der Waals surface area contributed by atoms with Crippen LogP contribution in [0.4, 0.5) is 0 Å². The van der Waals surface area contributed by atoms with Crippen LogP contribution in [0.25, 0.3) is 0 Å². The molecule has 3 atom stereocenters. The molecule has 0 radical (unpaired) electrons. The van der Waals surface area contributed by atoms with Crippen molar-refractivity contribution in [1.82, 2.24) is 10.6 Å². The van der Waals surface area contributed by atoms with Crippen molar-refractivity contribution in [2.24, 2.45) is 5.92 Å². The quantitative estimate of drug-likeness (QED) is 0.311. The highest BCUT2D eigenvalue weighted by molar-refractivity contribution is 7.82. The Morgan fingerprint density at radius 2 is 2.00 bits per heavy atom. The molecule has 2 fully saturated rings. The summed E-state index contributed by atoms with van der Waals surface area (Å²) in [6, 6.07) is 0. The molecule has 0 aromatic heterocycles. The molecule has 2 saturated heterocycles. The molecule has 2 aliphatic rings. The van der Waals surface area contributed by atoms with E-state index in [0.29, 0.717) is 5.92 Å². The summed E-state index contributed by atoms with van der Waals surface area (Å²) in [5.74, 6) is 0.628. The maximum Gasteiger partial charge on any atom is 0.177 e. The van der Waals surface area contributed by atoms with Crippen molar-refractivity contribution in [3.05, 3.63) is 0 Å². The van der Waals surface area contributed by atoms with Gasteiger partial charge in [-0.15, -0.1) is 12.6 Å². The van der Waals surface area contributed by atoms with Crippen molar-refractivity contribution in [2.45, 2.75) is 36.1 Å². The monoisotopic (exact) mass is 248 g/mol. The van der Waals surface area contributed by atoms with Gasteiger partial charge in [-0.1, -0.05) is 13.3 Å². The van der Waals surface area contributed by atoms with E-state index in [-0.39, 0.29) is 9.93 Å². The predicted molar refractivity (Wildman–Crippen MR) is 68.4 cm³/mol. The van der Waals surface area contributed by atoms with Crippen LogP contribution in [0.3, 0.4) is 0 Å². The second-order valence-electron chi connectivity index (χ2n) is 4.65. The van der Waals surface area contributed by atoms with Gasteiger partial charge in [-0.25, -0.2) is 0 Å². The maximum absolute atomic E-state index is 5.69. The van der Waals surface area contributed by atoms with Gasteiger partial charge in [-0.2, -0.15) is 12.6 Å². The largest absolute Gasteiger partial charge is 0.350 e. The van der Waals surface area contributed by atoms with Crippen LogP contribution >= 0.6 is 25.3 Å². The van der Waals surface area contributed by atoms with E-state index in [9.17, 15) is 0 Å². The van der Waals surface area contributed by atoms with E-state index in [2.05, 4.69) is 42.8 Å². The Balaban J connectivity index is 1.63. The minimum Gasteiger partial charge on any atom is -0.350 e. The fraction of sp³-hybridized carbons (Fsp3) is 1.00. The molecule has 2 aliphatic heterocycles. The number of thiol groups is 2. The van der Waals surface area contributed by atoms with Crippen molar-refractivity contribution in [2.75, 3.05) is 19.7 Å². The van der Waals surface area contributed by atoms with E-state index in [1.165, 1.54) is 6.42 Å². The lowest BCUT2D eigenvalue weighted by Gasteiger charge is -2.18. The molecule has 0 bridgehead atoms. The lowest BCUT2D eigenvalue weighted by molar-refractivity contribution is 0.0603. The van der Waals surface area contributed by atoms with E-state index >= 15 is 0 Å². The molecule has 15 heavy (non-hydrogen) atoms. The van der Waals surface area contributed by atoms with Gasteiger partial charge in [-0.3, -0.25) is 10.6 Å². The van der Waals surface area contributed by atoms with E-state index in [4.69, 9.17) is 4.74 Å². The molecule has 2 rings (SSSR count). The normalized spacial score (nSPS) is 40.2. The van der Waals surface area contributed by atoms with Crippen LogP contribution < -0.4 is 10.6 Å². The highest BCUT2D eigenvalue weighted by atomic mass is 32.1. The first kappa shape index (κ1) is 12.0. The third-order valence-corrected chi connectivity index (χ3v) is 4.15. The molecule has 0 saturated carbocycles. The number of nitrogens with one attached hydrogen (secondary N) is 2. The number of hydrogen-bond acceptors (Lipinski definition) is 5.